The zero-order chi connectivity index (χ0) is 15.0. The lowest BCUT2D eigenvalue weighted by molar-refractivity contribution is 0.301. The van der Waals surface area contributed by atoms with E-state index in [2.05, 4.69) is 4.98 Å². The van der Waals surface area contributed by atoms with Crippen molar-refractivity contribution < 1.29 is 4.74 Å². The van der Waals surface area contributed by atoms with Crippen molar-refractivity contribution >= 4 is 17.2 Å². The second kappa shape index (κ2) is 5.48. The van der Waals surface area contributed by atoms with Crippen molar-refractivity contribution in [3.63, 3.8) is 0 Å². The average molecular weight is 301 g/mol. The fourth-order valence-corrected chi connectivity index (χ4v) is 3.35. The zero-order valence-electron chi connectivity index (χ0n) is 12.3. The molecule has 3 rings (SSSR count). The largest absolute Gasteiger partial charge is 0.486 e. The molecule has 110 valence electrons. The third-order valence-electron chi connectivity index (χ3n) is 3.66. The van der Waals surface area contributed by atoms with Gasteiger partial charge in [0.1, 0.15) is 23.2 Å². The molecule has 3 N–H and O–H groups in total. The van der Waals surface area contributed by atoms with Crippen LogP contribution in [-0.4, -0.2) is 10.8 Å². The second-order valence-corrected chi connectivity index (χ2v) is 6.60. The minimum atomic E-state index is 0.118. The van der Waals surface area contributed by atoms with Crippen molar-refractivity contribution in [2.24, 2.45) is 5.73 Å². The Labute approximate surface area is 128 Å². The van der Waals surface area contributed by atoms with E-state index in [0.29, 0.717) is 12.5 Å². The summed E-state index contributed by atoms with van der Waals surface area (Å²) in [6.45, 7) is 4.52. The molecule has 1 saturated carbocycles. The maximum atomic E-state index is 7.68. The number of hydrogen-bond donors (Lipinski definition) is 2. The first-order valence-corrected chi connectivity index (χ1v) is 7.91. The van der Waals surface area contributed by atoms with E-state index in [4.69, 9.17) is 15.9 Å². The van der Waals surface area contributed by atoms with Crippen LogP contribution in [0.3, 0.4) is 0 Å². The van der Waals surface area contributed by atoms with Crippen LogP contribution in [0.25, 0.3) is 0 Å². The van der Waals surface area contributed by atoms with E-state index in [0.717, 1.165) is 45.3 Å². The Kier molecular flexibility index (Phi) is 3.68. The van der Waals surface area contributed by atoms with Crippen LogP contribution in [0.15, 0.2) is 18.2 Å². The second-order valence-electron chi connectivity index (χ2n) is 5.52. The number of thiazole rings is 1. The molecule has 0 bridgehead atoms. The molecule has 0 amide bonds. The topological polar surface area (TPSA) is 72.0 Å². The van der Waals surface area contributed by atoms with Gasteiger partial charge in [-0.2, -0.15) is 0 Å². The number of nitrogens with zero attached hydrogens (tertiary/aromatic N) is 1. The predicted octanol–water partition coefficient (Wildman–Crippen LogP) is 3.50. The van der Waals surface area contributed by atoms with Crippen LogP contribution in [0, 0.1) is 19.3 Å². The fourth-order valence-electron chi connectivity index (χ4n) is 2.43. The smallest absolute Gasteiger partial charge is 0.140 e. The van der Waals surface area contributed by atoms with Gasteiger partial charge in [-0.05, 0) is 37.8 Å². The lowest BCUT2D eigenvalue weighted by atomic mass is 10.1. The Hall–Kier alpha value is -1.88. The number of ether oxygens (including phenoxy) is 1. The first-order valence-electron chi connectivity index (χ1n) is 7.09. The SMILES string of the molecule is Cc1cccc(C)c1OCc1nc(C2CC2)c(C(=N)N)s1. The van der Waals surface area contributed by atoms with E-state index in [9.17, 15) is 0 Å². The standard InChI is InChI=1S/C16H19N3OS/c1-9-4-3-5-10(2)14(9)20-8-12-19-13(11-6-7-11)15(21-12)16(17)18/h3-5,11H,6-8H2,1-2H3,(H3,17,18). The molecule has 0 aliphatic heterocycles. The van der Waals surface area contributed by atoms with Gasteiger partial charge in [0.25, 0.3) is 0 Å². The van der Waals surface area contributed by atoms with E-state index >= 15 is 0 Å². The number of rotatable bonds is 5. The highest BCUT2D eigenvalue weighted by molar-refractivity contribution is 7.13. The van der Waals surface area contributed by atoms with E-state index in [1.807, 2.05) is 32.0 Å². The van der Waals surface area contributed by atoms with Crippen molar-refractivity contribution in [1.29, 1.82) is 5.41 Å². The number of nitrogen functional groups attached to an aromatic ring is 1. The molecule has 1 aromatic heterocycles. The third kappa shape index (κ3) is 2.93. The normalized spacial score (nSPS) is 14.2. The molecule has 0 unspecified atom stereocenters. The Balaban J connectivity index is 1.79. The Bertz CT molecular complexity index is 669. The molecule has 1 heterocycles. The molecule has 1 fully saturated rings. The molecular formula is C16H19N3OS. The quantitative estimate of drug-likeness (QED) is 0.656. The highest BCUT2D eigenvalue weighted by Crippen LogP contribution is 2.42. The number of hydrogen-bond acceptors (Lipinski definition) is 4. The van der Waals surface area contributed by atoms with Gasteiger partial charge in [-0.1, -0.05) is 18.2 Å². The molecule has 0 saturated heterocycles. The predicted molar refractivity (Wildman–Crippen MR) is 85.4 cm³/mol. The minimum absolute atomic E-state index is 0.118. The molecule has 1 aliphatic rings. The summed E-state index contributed by atoms with van der Waals surface area (Å²) in [6.07, 6.45) is 2.31. The number of aryl methyl sites for hydroxylation is 2. The third-order valence-corrected chi connectivity index (χ3v) is 4.73. The summed E-state index contributed by atoms with van der Waals surface area (Å²) < 4.78 is 5.94. The first-order chi connectivity index (χ1) is 10.1. The maximum Gasteiger partial charge on any atom is 0.140 e. The maximum absolute atomic E-state index is 7.68. The van der Waals surface area contributed by atoms with Crippen LogP contribution in [0.1, 0.15) is 45.5 Å². The van der Waals surface area contributed by atoms with Crippen LogP contribution in [0.2, 0.25) is 0 Å². The summed E-state index contributed by atoms with van der Waals surface area (Å²) in [5.41, 5.74) is 8.91. The molecule has 2 aromatic rings. The van der Waals surface area contributed by atoms with Crippen molar-refractivity contribution in [3.05, 3.63) is 44.9 Å². The van der Waals surface area contributed by atoms with Gasteiger partial charge in [-0.15, -0.1) is 11.3 Å². The van der Waals surface area contributed by atoms with Gasteiger partial charge < -0.3 is 10.5 Å². The zero-order valence-corrected chi connectivity index (χ0v) is 13.1. The van der Waals surface area contributed by atoms with Crippen LogP contribution in [-0.2, 0) is 6.61 Å². The van der Waals surface area contributed by atoms with Gasteiger partial charge in [0.15, 0.2) is 0 Å². The van der Waals surface area contributed by atoms with Gasteiger partial charge >= 0.3 is 0 Å². The minimum Gasteiger partial charge on any atom is -0.486 e. The van der Waals surface area contributed by atoms with Crippen molar-refractivity contribution in [2.45, 2.75) is 39.2 Å². The molecule has 4 nitrogen and oxygen atoms in total. The van der Waals surface area contributed by atoms with Crippen LogP contribution >= 0.6 is 11.3 Å². The molecule has 0 atom stereocenters. The van der Waals surface area contributed by atoms with Crippen LogP contribution in [0.5, 0.6) is 5.75 Å². The highest BCUT2D eigenvalue weighted by atomic mass is 32.1. The van der Waals surface area contributed by atoms with Crippen molar-refractivity contribution in [2.75, 3.05) is 0 Å². The molecule has 1 aliphatic carbocycles. The van der Waals surface area contributed by atoms with E-state index in [-0.39, 0.29) is 5.84 Å². The summed E-state index contributed by atoms with van der Waals surface area (Å²) in [6, 6.07) is 6.11. The highest BCUT2D eigenvalue weighted by Gasteiger charge is 2.30. The van der Waals surface area contributed by atoms with E-state index in [1.54, 1.807) is 0 Å². The summed E-state index contributed by atoms with van der Waals surface area (Å²) in [5.74, 6) is 1.53. The summed E-state index contributed by atoms with van der Waals surface area (Å²) in [7, 11) is 0. The van der Waals surface area contributed by atoms with Gasteiger partial charge in [-0.3, -0.25) is 5.41 Å². The molecule has 5 heteroatoms. The van der Waals surface area contributed by atoms with Crippen LogP contribution in [0.4, 0.5) is 0 Å². The lowest BCUT2D eigenvalue weighted by Gasteiger charge is -2.10. The average Bonchev–Trinajstić information content (AvgIpc) is 3.18. The summed E-state index contributed by atoms with van der Waals surface area (Å²) >= 11 is 1.48. The fraction of sp³-hybridized carbons (Fsp3) is 0.375. The van der Waals surface area contributed by atoms with Gasteiger partial charge in [-0.25, -0.2) is 4.98 Å². The van der Waals surface area contributed by atoms with E-state index in [1.165, 1.54) is 11.3 Å². The van der Waals surface area contributed by atoms with Gasteiger partial charge in [0, 0.05) is 5.92 Å². The molecule has 0 radical (unpaired) electrons. The summed E-state index contributed by atoms with van der Waals surface area (Å²) in [5, 5.41) is 8.58. The van der Waals surface area contributed by atoms with Gasteiger partial charge in [0.05, 0.1) is 10.6 Å². The number of benzene rings is 1. The lowest BCUT2D eigenvalue weighted by Crippen LogP contribution is -2.11. The Morgan fingerprint density at radius 2 is 2.05 bits per heavy atom. The molecule has 0 spiro atoms. The molecular weight excluding hydrogens is 282 g/mol. The van der Waals surface area contributed by atoms with Crippen LogP contribution < -0.4 is 10.5 Å². The van der Waals surface area contributed by atoms with Gasteiger partial charge in [0.2, 0.25) is 0 Å². The molecule has 21 heavy (non-hydrogen) atoms. The number of amidine groups is 1. The number of aromatic nitrogens is 1. The van der Waals surface area contributed by atoms with E-state index < -0.39 is 0 Å². The number of nitrogens with one attached hydrogen (secondary N) is 1. The number of nitrogens with two attached hydrogens (primary N) is 1. The van der Waals surface area contributed by atoms with Crippen molar-refractivity contribution in [3.8, 4) is 5.75 Å². The van der Waals surface area contributed by atoms with Crippen molar-refractivity contribution in [1.82, 2.24) is 4.98 Å². The first kappa shape index (κ1) is 14.1. The molecule has 1 aromatic carbocycles. The summed E-state index contributed by atoms with van der Waals surface area (Å²) in [4.78, 5) is 5.46. The Morgan fingerprint density at radius 3 is 2.62 bits per heavy atom. The number of para-hydroxylation sites is 1. The Morgan fingerprint density at radius 1 is 1.38 bits per heavy atom. The monoisotopic (exact) mass is 301 g/mol.